The molecule has 0 spiro atoms. The number of rotatable bonds is 4. The topological polar surface area (TPSA) is 80.9 Å². The highest BCUT2D eigenvalue weighted by Gasteiger charge is 2.12. The summed E-state index contributed by atoms with van der Waals surface area (Å²) in [5.74, 6) is -0.112. The molecule has 0 saturated carbocycles. The van der Waals surface area contributed by atoms with E-state index in [9.17, 15) is 4.79 Å². The van der Waals surface area contributed by atoms with Crippen molar-refractivity contribution >= 4 is 23.4 Å². The van der Waals surface area contributed by atoms with Gasteiger partial charge in [0, 0.05) is 23.3 Å². The quantitative estimate of drug-likeness (QED) is 0.658. The molecule has 0 bridgehead atoms. The minimum Gasteiger partial charge on any atom is -0.399 e. The van der Waals surface area contributed by atoms with Gasteiger partial charge in [-0.2, -0.15) is 0 Å². The average molecular weight is 274 g/mol. The van der Waals surface area contributed by atoms with Crippen LogP contribution in [0.4, 0.5) is 5.69 Å². The molecule has 2 aromatic rings. The fourth-order valence-corrected chi connectivity index (χ4v) is 2.44. The first-order chi connectivity index (χ1) is 9.20. The molecule has 98 valence electrons. The van der Waals surface area contributed by atoms with Crippen LogP contribution < -0.4 is 11.1 Å². The molecule has 6 heteroatoms. The van der Waals surface area contributed by atoms with Gasteiger partial charge in [0.05, 0.1) is 5.56 Å². The molecule has 1 heterocycles. The van der Waals surface area contributed by atoms with Crippen molar-refractivity contribution in [3.05, 3.63) is 42.4 Å². The fraction of sp³-hybridized carbons (Fsp3) is 0.154. The predicted molar refractivity (Wildman–Crippen MR) is 75.0 cm³/mol. The maximum atomic E-state index is 12.0. The first kappa shape index (κ1) is 13.4. The number of anilines is 1. The molecular formula is C13H14N4OS. The number of hydrogen-bond acceptors (Lipinski definition) is 5. The number of carbonyl (C=O) groups excluding carboxylic acids is 1. The van der Waals surface area contributed by atoms with Crippen molar-refractivity contribution in [2.75, 3.05) is 12.3 Å². The molecule has 0 aliphatic carbocycles. The summed E-state index contributed by atoms with van der Waals surface area (Å²) in [7, 11) is 0. The van der Waals surface area contributed by atoms with E-state index in [1.54, 1.807) is 30.5 Å². The number of nitrogen functional groups attached to an aromatic ring is 1. The lowest BCUT2D eigenvalue weighted by molar-refractivity contribution is 0.0953. The highest BCUT2D eigenvalue weighted by Crippen LogP contribution is 2.30. The zero-order chi connectivity index (χ0) is 13.7. The van der Waals surface area contributed by atoms with Gasteiger partial charge in [0.15, 0.2) is 0 Å². The molecule has 3 N–H and O–H groups in total. The molecule has 5 nitrogen and oxygen atoms in total. The molecule has 0 aliphatic heterocycles. The number of nitrogens with one attached hydrogen (secondary N) is 1. The highest BCUT2D eigenvalue weighted by atomic mass is 32.2. The molecule has 0 fully saturated rings. The first-order valence-electron chi connectivity index (χ1n) is 5.82. The minimum atomic E-state index is -0.112. The van der Waals surface area contributed by atoms with Crippen LogP contribution in [0.3, 0.4) is 0 Å². The van der Waals surface area contributed by atoms with Crippen molar-refractivity contribution in [1.29, 1.82) is 0 Å². The van der Waals surface area contributed by atoms with Crippen molar-refractivity contribution in [3.63, 3.8) is 0 Å². The molecule has 0 radical (unpaired) electrons. The SMILES string of the molecule is CCNC(=O)c1ccc(N)cc1Sc1ccncn1. The van der Waals surface area contributed by atoms with Crippen molar-refractivity contribution in [2.24, 2.45) is 0 Å². The Balaban J connectivity index is 2.32. The molecule has 1 amide bonds. The summed E-state index contributed by atoms with van der Waals surface area (Å²) in [6.45, 7) is 2.47. The van der Waals surface area contributed by atoms with Gasteiger partial charge in [-0.3, -0.25) is 4.79 Å². The van der Waals surface area contributed by atoms with E-state index in [0.717, 1.165) is 9.92 Å². The Bertz CT molecular complexity index is 574. The van der Waals surface area contributed by atoms with Crippen LogP contribution in [-0.4, -0.2) is 22.4 Å². The molecule has 0 atom stereocenters. The third-order valence-electron chi connectivity index (χ3n) is 2.36. The number of carbonyl (C=O) groups is 1. The van der Waals surface area contributed by atoms with E-state index in [1.165, 1.54) is 18.1 Å². The van der Waals surface area contributed by atoms with Gasteiger partial charge >= 0.3 is 0 Å². The van der Waals surface area contributed by atoms with Gasteiger partial charge < -0.3 is 11.1 Å². The smallest absolute Gasteiger partial charge is 0.252 e. The van der Waals surface area contributed by atoms with Gasteiger partial charge in [0.2, 0.25) is 0 Å². The van der Waals surface area contributed by atoms with Gasteiger partial charge in [0.25, 0.3) is 5.91 Å². The van der Waals surface area contributed by atoms with Crippen LogP contribution in [0.25, 0.3) is 0 Å². The van der Waals surface area contributed by atoms with Crippen LogP contribution in [0.15, 0.2) is 46.7 Å². The summed E-state index contributed by atoms with van der Waals surface area (Å²) in [6, 6.07) is 7.01. The van der Waals surface area contributed by atoms with Crippen LogP contribution in [0.2, 0.25) is 0 Å². The number of amides is 1. The van der Waals surface area contributed by atoms with Gasteiger partial charge in [-0.1, -0.05) is 11.8 Å². The van der Waals surface area contributed by atoms with Gasteiger partial charge in [-0.15, -0.1) is 0 Å². The molecule has 19 heavy (non-hydrogen) atoms. The van der Waals surface area contributed by atoms with Crippen LogP contribution >= 0.6 is 11.8 Å². The number of aromatic nitrogens is 2. The summed E-state index contributed by atoms with van der Waals surface area (Å²) in [5.41, 5.74) is 6.99. The molecule has 0 unspecified atom stereocenters. The van der Waals surface area contributed by atoms with E-state index in [1.807, 2.05) is 6.92 Å². The second-order valence-electron chi connectivity index (χ2n) is 3.76. The lowest BCUT2D eigenvalue weighted by Crippen LogP contribution is -2.23. The van der Waals surface area contributed by atoms with Crippen LogP contribution in [0.5, 0.6) is 0 Å². The summed E-state index contributed by atoms with van der Waals surface area (Å²) in [6.07, 6.45) is 3.13. The Morgan fingerprint density at radius 2 is 2.26 bits per heavy atom. The lowest BCUT2D eigenvalue weighted by Gasteiger charge is -2.09. The Morgan fingerprint density at radius 3 is 2.95 bits per heavy atom. The standard InChI is InChI=1S/C13H14N4OS/c1-2-16-13(18)10-4-3-9(14)7-11(10)19-12-5-6-15-8-17-12/h3-8H,2,14H2,1H3,(H,16,18). The van der Waals surface area contributed by atoms with E-state index < -0.39 is 0 Å². The second-order valence-corrected chi connectivity index (χ2v) is 4.83. The predicted octanol–water partition coefficient (Wildman–Crippen LogP) is 1.96. The second kappa shape index (κ2) is 6.19. The lowest BCUT2D eigenvalue weighted by atomic mass is 10.2. The van der Waals surface area contributed by atoms with E-state index in [2.05, 4.69) is 15.3 Å². The zero-order valence-electron chi connectivity index (χ0n) is 10.5. The number of nitrogens with two attached hydrogens (primary N) is 1. The van der Waals surface area contributed by atoms with Crippen molar-refractivity contribution < 1.29 is 4.79 Å². The van der Waals surface area contributed by atoms with Gasteiger partial charge in [-0.25, -0.2) is 9.97 Å². The molecule has 1 aromatic heterocycles. The van der Waals surface area contributed by atoms with Crippen LogP contribution in [0, 0.1) is 0 Å². The van der Waals surface area contributed by atoms with E-state index in [4.69, 9.17) is 5.73 Å². The van der Waals surface area contributed by atoms with E-state index in [0.29, 0.717) is 17.8 Å². The molecule has 1 aromatic carbocycles. The molecule has 0 saturated heterocycles. The Kier molecular flexibility index (Phi) is 4.35. The largest absolute Gasteiger partial charge is 0.399 e. The normalized spacial score (nSPS) is 10.2. The summed E-state index contributed by atoms with van der Waals surface area (Å²) < 4.78 is 0. The first-order valence-corrected chi connectivity index (χ1v) is 6.64. The Labute approximate surface area is 115 Å². The summed E-state index contributed by atoms with van der Waals surface area (Å²) >= 11 is 1.39. The fourth-order valence-electron chi connectivity index (χ4n) is 1.52. The van der Waals surface area contributed by atoms with Gasteiger partial charge in [-0.05, 0) is 31.2 Å². The maximum absolute atomic E-state index is 12.0. The van der Waals surface area contributed by atoms with E-state index in [-0.39, 0.29) is 5.91 Å². The number of nitrogens with zero attached hydrogens (tertiary/aromatic N) is 2. The Hall–Kier alpha value is -2.08. The van der Waals surface area contributed by atoms with E-state index >= 15 is 0 Å². The average Bonchev–Trinajstić information content (AvgIpc) is 2.40. The van der Waals surface area contributed by atoms with Gasteiger partial charge in [0.1, 0.15) is 11.4 Å². The number of benzene rings is 1. The highest BCUT2D eigenvalue weighted by molar-refractivity contribution is 7.99. The molecule has 0 aliphatic rings. The summed E-state index contributed by atoms with van der Waals surface area (Å²) in [4.78, 5) is 20.7. The molecule has 2 rings (SSSR count). The maximum Gasteiger partial charge on any atom is 0.252 e. The zero-order valence-corrected chi connectivity index (χ0v) is 11.3. The van der Waals surface area contributed by atoms with Crippen molar-refractivity contribution in [1.82, 2.24) is 15.3 Å². The minimum absolute atomic E-state index is 0.112. The van der Waals surface area contributed by atoms with Crippen molar-refractivity contribution in [3.8, 4) is 0 Å². The van der Waals surface area contributed by atoms with Crippen LogP contribution in [0.1, 0.15) is 17.3 Å². The monoisotopic (exact) mass is 274 g/mol. The number of hydrogen-bond donors (Lipinski definition) is 2. The Morgan fingerprint density at radius 1 is 1.42 bits per heavy atom. The van der Waals surface area contributed by atoms with Crippen LogP contribution in [-0.2, 0) is 0 Å². The van der Waals surface area contributed by atoms with Crippen molar-refractivity contribution in [2.45, 2.75) is 16.8 Å². The summed E-state index contributed by atoms with van der Waals surface area (Å²) in [5, 5.41) is 3.55. The third-order valence-corrected chi connectivity index (χ3v) is 3.37. The third kappa shape index (κ3) is 3.45. The molecular weight excluding hydrogens is 260 g/mol.